The van der Waals surface area contributed by atoms with Crippen LogP contribution in [-0.4, -0.2) is 9.13 Å². The fraction of sp³-hybridized carbons (Fsp3) is 0.0182. The minimum Gasteiger partial charge on any atom is -0.456 e. The third kappa shape index (κ3) is 5.16. The Labute approximate surface area is 339 Å². The normalized spacial score (nSPS) is 12.8. The number of para-hydroxylation sites is 4. The number of nitrogens with zero attached hydrogens (tertiary/aromatic N) is 2. The van der Waals surface area contributed by atoms with Crippen LogP contribution < -0.4 is 10.6 Å². The van der Waals surface area contributed by atoms with Gasteiger partial charge in [-0.25, -0.2) is 0 Å². The molecular weight excluding hydrogens is 721 g/mol. The van der Waals surface area contributed by atoms with Gasteiger partial charge in [0, 0.05) is 54.3 Å². The van der Waals surface area contributed by atoms with Crippen molar-refractivity contribution in [3.05, 3.63) is 198 Å². The molecule has 4 aromatic heterocycles. The zero-order chi connectivity index (χ0) is 39.2. The maximum Gasteiger partial charge on any atom is 0.135 e. The molecule has 12 rings (SSSR count). The first-order chi connectivity index (χ1) is 29.1. The Hall–Kier alpha value is -7.82. The summed E-state index contributed by atoms with van der Waals surface area (Å²) in [5, 5.41) is 9.06. The number of fused-ring (bicyclic) bond motifs is 10. The van der Waals surface area contributed by atoms with Gasteiger partial charge in [-0.05, 0) is 114 Å². The third-order valence-corrected chi connectivity index (χ3v) is 12.1. The van der Waals surface area contributed by atoms with E-state index in [1.54, 1.807) is 0 Å². The maximum atomic E-state index is 6.39. The molecule has 0 fully saturated rings. The van der Waals surface area contributed by atoms with Crippen molar-refractivity contribution in [2.45, 2.75) is 6.92 Å². The van der Waals surface area contributed by atoms with E-state index < -0.39 is 0 Å². The van der Waals surface area contributed by atoms with E-state index in [9.17, 15) is 0 Å². The first kappa shape index (κ1) is 33.3. The molecule has 278 valence electrons. The van der Waals surface area contributed by atoms with Crippen LogP contribution in [0.5, 0.6) is 0 Å². The molecule has 0 N–H and O–H groups in total. The fourth-order valence-corrected chi connectivity index (χ4v) is 9.16. The van der Waals surface area contributed by atoms with E-state index in [0.717, 1.165) is 77.2 Å². The summed E-state index contributed by atoms with van der Waals surface area (Å²) in [6, 6.07) is 62.6. The van der Waals surface area contributed by atoms with Crippen molar-refractivity contribution in [3.8, 4) is 22.5 Å². The summed E-state index contributed by atoms with van der Waals surface area (Å²) in [7, 11) is 0. The number of hydrogen-bond donors (Lipinski definition) is 0. The molecule has 59 heavy (non-hydrogen) atoms. The second kappa shape index (κ2) is 12.9. The Balaban J connectivity index is 0.895. The summed E-state index contributed by atoms with van der Waals surface area (Å²) in [4.78, 5) is 0. The van der Waals surface area contributed by atoms with Gasteiger partial charge in [-0.2, -0.15) is 0 Å². The predicted molar refractivity (Wildman–Crippen MR) is 247 cm³/mol. The molecular formula is C55H36N2O2. The first-order valence-corrected chi connectivity index (χ1v) is 20.0. The van der Waals surface area contributed by atoms with Crippen molar-refractivity contribution >= 4 is 94.7 Å². The number of benzene rings is 8. The molecule has 0 bridgehead atoms. The predicted octanol–water partition coefficient (Wildman–Crippen LogP) is 13.5. The molecule has 0 aliphatic carbocycles. The summed E-state index contributed by atoms with van der Waals surface area (Å²) in [5.74, 6) is 0. The zero-order valence-corrected chi connectivity index (χ0v) is 32.3. The highest BCUT2D eigenvalue weighted by Crippen LogP contribution is 2.38. The number of aromatic nitrogens is 2. The van der Waals surface area contributed by atoms with E-state index in [-0.39, 0.29) is 0 Å². The van der Waals surface area contributed by atoms with E-state index in [1.807, 2.05) is 6.08 Å². The molecule has 0 amide bonds. The molecule has 8 aromatic carbocycles. The van der Waals surface area contributed by atoms with Gasteiger partial charge in [0.25, 0.3) is 0 Å². The van der Waals surface area contributed by atoms with Crippen LogP contribution in [0.1, 0.15) is 12.5 Å². The molecule has 0 aliphatic rings. The van der Waals surface area contributed by atoms with Gasteiger partial charge < -0.3 is 18.0 Å². The number of rotatable bonds is 5. The molecule has 4 heterocycles. The summed E-state index contributed by atoms with van der Waals surface area (Å²) in [6.45, 7) is 6.62. The van der Waals surface area contributed by atoms with Crippen molar-refractivity contribution < 1.29 is 8.83 Å². The van der Waals surface area contributed by atoms with Crippen LogP contribution in [0.25, 0.3) is 117 Å². The van der Waals surface area contributed by atoms with E-state index in [2.05, 4.69) is 205 Å². The highest BCUT2D eigenvalue weighted by atomic mass is 16.3. The second-order valence-electron chi connectivity index (χ2n) is 15.5. The van der Waals surface area contributed by atoms with Crippen LogP contribution >= 0.6 is 0 Å². The van der Waals surface area contributed by atoms with Gasteiger partial charge in [-0.3, -0.25) is 0 Å². The Morgan fingerprint density at radius 3 is 1.49 bits per heavy atom. The molecule has 0 saturated carbocycles. The lowest BCUT2D eigenvalue weighted by molar-refractivity contribution is 0.576. The summed E-state index contributed by atoms with van der Waals surface area (Å²) < 4.78 is 17.4. The summed E-state index contributed by atoms with van der Waals surface area (Å²) in [6.07, 6.45) is 4.17. The van der Waals surface area contributed by atoms with Gasteiger partial charge in [-0.15, -0.1) is 0 Å². The van der Waals surface area contributed by atoms with E-state index >= 15 is 0 Å². The fourth-order valence-electron chi connectivity index (χ4n) is 9.16. The molecule has 0 spiro atoms. The van der Waals surface area contributed by atoms with Crippen LogP contribution in [0.3, 0.4) is 0 Å². The summed E-state index contributed by atoms with van der Waals surface area (Å²) >= 11 is 0. The van der Waals surface area contributed by atoms with Gasteiger partial charge in [0.2, 0.25) is 0 Å². The lowest BCUT2D eigenvalue weighted by Gasteiger charge is -2.08. The topological polar surface area (TPSA) is 36.1 Å². The van der Waals surface area contributed by atoms with Gasteiger partial charge in [0.05, 0.1) is 22.1 Å². The number of hydrogen-bond acceptors (Lipinski definition) is 2. The molecule has 0 radical (unpaired) electrons. The number of allylic oxidation sites excluding steroid dienone is 2. The quantitative estimate of drug-likeness (QED) is 0.175. The Kier molecular flexibility index (Phi) is 7.26. The second-order valence-corrected chi connectivity index (χ2v) is 15.5. The Morgan fingerprint density at radius 1 is 0.441 bits per heavy atom. The van der Waals surface area contributed by atoms with Crippen LogP contribution in [0.4, 0.5) is 0 Å². The minimum atomic E-state index is 0.757. The lowest BCUT2D eigenvalue weighted by atomic mass is 9.98. The SMILES string of the molecule is C=c1/c(=C\C=C(/C)c2cccc(-c3ccc4oc5ccc(-n6c7ccccc7c7ccccc76)cc5c4c3)c2)oc2ccc(-n3c4ccccc4c4ccccc43)cc12. The van der Waals surface area contributed by atoms with E-state index in [4.69, 9.17) is 8.83 Å². The van der Waals surface area contributed by atoms with Crippen molar-refractivity contribution in [2.24, 2.45) is 0 Å². The Morgan fingerprint density at radius 2 is 0.915 bits per heavy atom. The van der Waals surface area contributed by atoms with E-state index in [1.165, 1.54) is 43.6 Å². The van der Waals surface area contributed by atoms with Crippen LogP contribution in [0.15, 0.2) is 191 Å². The molecule has 4 heteroatoms. The van der Waals surface area contributed by atoms with Crippen molar-refractivity contribution in [1.82, 2.24) is 9.13 Å². The lowest BCUT2D eigenvalue weighted by Crippen LogP contribution is -2.17. The maximum absolute atomic E-state index is 6.39. The molecule has 0 atom stereocenters. The monoisotopic (exact) mass is 756 g/mol. The smallest absolute Gasteiger partial charge is 0.135 e. The minimum absolute atomic E-state index is 0.757. The van der Waals surface area contributed by atoms with Crippen molar-refractivity contribution in [3.63, 3.8) is 0 Å². The average Bonchev–Trinajstić information content (AvgIpc) is 4.02. The highest BCUT2D eigenvalue weighted by molar-refractivity contribution is 6.11. The first-order valence-electron chi connectivity index (χ1n) is 20.0. The van der Waals surface area contributed by atoms with Crippen molar-refractivity contribution in [1.29, 1.82) is 0 Å². The number of furan rings is 2. The molecule has 12 aromatic rings. The van der Waals surface area contributed by atoms with Crippen LogP contribution in [0.2, 0.25) is 0 Å². The van der Waals surface area contributed by atoms with Crippen LogP contribution in [-0.2, 0) is 0 Å². The van der Waals surface area contributed by atoms with E-state index in [0.29, 0.717) is 0 Å². The third-order valence-electron chi connectivity index (χ3n) is 12.1. The van der Waals surface area contributed by atoms with Gasteiger partial charge in [0.15, 0.2) is 0 Å². The molecule has 4 nitrogen and oxygen atoms in total. The van der Waals surface area contributed by atoms with Crippen LogP contribution in [0, 0.1) is 0 Å². The average molecular weight is 757 g/mol. The van der Waals surface area contributed by atoms with Gasteiger partial charge in [0.1, 0.15) is 22.2 Å². The van der Waals surface area contributed by atoms with Gasteiger partial charge >= 0.3 is 0 Å². The molecule has 0 unspecified atom stereocenters. The van der Waals surface area contributed by atoms with Crippen molar-refractivity contribution in [2.75, 3.05) is 0 Å². The highest BCUT2D eigenvalue weighted by Gasteiger charge is 2.16. The zero-order valence-electron chi connectivity index (χ0n) is 32.3. The molecule has 0 saturated heterocycles. The molecule has 0 aliphatic heterocycles. The van der Waals surface area contributed by atoms with Gasteiger partial charge in [-0.1, -0.05) is 110 Å². The Bertz CT molecular complexity index is 3720. The summed E-state index contributed by atoms with van der Waals surface area (Å²) in [5.41, 5.74) is 14.8. The largest absolute Gasteiger partial charge is 0.456 e. The standard InChI is InChI=1S/C55H36N2O2/c1-34(22-26-52-35(2)45-32-39(24-28-53(45)58-52)56-48-18-7-3-14-41(48)42-15-4-8-19-49(42)56)36-12-11-13-37(30-36)38-23-27-54-46(31-38)47-33-40(25-29-55(47)59-54)57-50-20-9-5-16-43(50)44-17-6-10-21-51(44)57/h3-33H,2H2,1H3/b34-22+,52-26+.